The van der Waals surface area contributed by atoms with Gasteiger partial charge >= 0.3 is 101 Å². The van der Waals surface area contributed by atoms with Crippen molar-refractivity contribution in [3.8, 4) is 6.07 Å². The van der Waals surface area contributed by atoms with E-state index in [4.69, 9.17) is 102 Å². The molecule has 8 atom stereocenters. The number of carbonyl (C=O) groups is 13. The standard InChI is InChI=1S/3C12H17NO4.2C11H15NO4.C11H17NO2.C10H11NO4.CO2/c1-5-12(13-4)7-11(3,8-17-10(12)15)9(14)16-6-2;1-5-11(9(14)16-7-3)8-17-10(15)12(11,6-2)13-4;1-6-12(4,11(15)16-7-2)8-17-10(14)9(3)13-5;1-5-9(11(14)15-6-2)7-16-10(13)8(3)12-4;1-5-9(12-4)11(14)16-7-8(3)10(13)15-6-2;1-5-9(3)7-14-10(13)11(4,6-2)8-12;1-5-14-9(12)7(2)6-15-10(13)8(3)11-4;2-1-3/h2*5-8H2,1-3H3;3,6-8H2,1-2,4H3;2*9H,3,5-7H2,1-2H3;3,5-7H2,1-2,4H3;2-3,5-6H2,1H3;. The highest BCUT2D eigenvalue weighted by Crippen LogP contribution is 2.48. The third kappa shape index (κ3) is 38.9. The van der Waals surface area contributed by atoms with Gasteiger partial charge in [0.25, 0.3) is 17.1 Å². The SMILES string of the molecule is C=C(CC)COC(=O)C(C)(C#N)CC.O=C=O.[C-]#[N+]C(=C)C(=O)OCC(=C)C(=O)OCC.[C-]#[N+]C(=C)C(=O)OCC(C)(CC)C(=O)OCC.[C-]#[N+]C(=C)C(=O)OCC(CC)C(=O)OCC.[C-]#[N+]C(CC)C(=O)OCC(=C)C(=O)OCC.[C-]#[N+]C1(CC)C(=O)OCC1(CC)C(=O)OCC.[C-]#[N+]C1(CC)CC(C)(C(=O)OCC)COC1=O. The lowest BCUT2D eigenvalue weighted by Crippen LogP contribution is -2.52. The molecule has 0 aromatic carbocycles. The van der Waals surface area contributed by atoms with Gasteiger partial charge in [-0.2, -0.15) is 14.9 Å². The number of hydrogen-bond donors (Lipinski definition) is 0. The van der Waals surface area contributed by atoms with Crippen molar-refractivity contribution in [1.29, 1.82) is 5.26 Å². The maximum absolute atomic E-state index is 12.1. The number of rotatable bonds is 35. The minimum absolute atomic E-state index is 0.0120. The summed E-state index contributed by atoms with van der Waals surface area (Å²) < 4.78 is 62.9. The fraction of sp³-hybridized carbons (Fsp3) is 0.588. The first-order valence-electron chi connectivity index (χ1n) is 35.9. The summed E-state index contributed by atoms with van der Waals surface area (Å²) in [7, 11) is 0. The molecular formula is C80H109N7O28. The van der Waals surface area contributed by atoms with Crippen LogP contribution in [-0.2, 0) is 133 Å². The first-order chi connectivity index (χ1) is 53.9. The van der Waals surface area contributed by atoms with Crippen LogP contribution in [0.2, 0.25) is 0 Å². The van der Waals surface area contributed by atoms with Gasteiger partial charge in [-0.25, -0.2) is 58.2 Å². The summed E-state index contributed by atoms with van der Waals surface area (Å²) in [4.78, 5) is 183. The van der Waals surface area contributed by atoms with Crippen LogP contribution in [0, 0.1) is 78.3 Å². The van der Waals surface area contributed by atoms with E-state index in [9.17, 15) is 62.3 Å². The number of hydrogen-bond acceptors (Lipinski definition) is 29. The van der Waals surface area contributed by atoms with Gasteiger partial charge in [-0.1, -0.05) is 94.9 Å². The Hall–Kier alpha value is -12.6. The van der Waals surface area contributed by atoms with Crippen LogP contribution in [0.1, 0.15) is 175 Å². The molecule has 0 aliphatic carbocycles. The predicted molar refractivity (Wildman–Crippen MR) is 408 cm³/mol. The quantitative estimate of drug-likeness (QED) is 0.0187. The fourth-order valence-corrected chi connectivity index (χ4v) is 8.38. The molecule has 2 heterocycles. The zero-order valence-corrected chi connectivity index (χ0v) is 69.0. The monoisotopic (exact) mass is 1620 g/mol. The molecular weight excluding hydrogens is 1510 g/mol. The molecule has 2 saturated heterocycles. The fourth-order valence-electron chi connectivity index (χ4n) is 8.38. The van der Waals surface area contributed by atoms with E-state index in [1.807, 2.05) is 13.0 Å². The molecule has 0 aromatic heterocycles. The van der Waals surface area contributed by atoms with E-state index in [0.29, 0.717) is 38.5 Å². The second-order valence-corrected chi connectivity index (χ2v) is 24.4. The van der Waals surface area contributed by atoms with Crippen LogP contribution in [0.3, 0.4) is 0 Å². The maximum Gasteiger partial charge on any atom is 0.394 e. The second kappa shape index (κ2) is 61.0. The molecule has 2 fully saturated rings. The number of nitriles is 1. The maximum atomic E-state index is 12.1. The lowest BCUT2D eigenvalue weighted by Gasteiger charge is -2.35. The Morgan fingerprint density at radius 2 is 0.957 bits per heavy atom. The number of carbonyl (C=O) groups excluding carboxylic acids is 15. The highest BCUT2D eigenvalue weighted by Gasteiger charge is 2.72. The van der Waals surface area contributed by atoms with E-state index < -0.39 is 122 Å². The molecule has 0 bridgehead atoms. The molecule has 632 valence electrons. The Morgan fingerprint density at radius 3 is 1.33 bits per heavy atom. The molecule has 8 unspecified atom stereocenters. The Labute approximate surface area is 673 Å². The molecule has 115 heavy (non-hydrogen) atoms. The summed E-state index contributed by atoms with van der Waals surface area (Å²) >= 11 is 0. The third-order valence-electron chi connectivity index (χ3n) is 16.4. The molecule has 35 heteroatoms. The summed E-state index contributed by atoms with van der Waals surface area (Å²) in [5.74, 6) is -8.12. The zero-order valence-electron chi connectivity index (χ0n) is 69.0. The van der Waals surface area contributed by atoms with Crippen LogP contribution < -0.4 is 0 Å². The number of cyclic esters (lactones) is 2. The molecule has 0 aromatic rings. The van der Waals surface area contributed by atoms with Gasteiger partial charge in [-0.05, 0) is 100.0 Å². The predicted octanol–water partition coefficient (Wildman–Crippen LogP) is 10.9. The molecule has 2 rings (SSSR count). The van der Waals surface area contributed by atoms with Gasteiger partial charge in [0, 0.05) is 19.3 Å². The van der Waals surface area contributed by atoms with E-state index in [1.165, 1.54) is 0 Å². The largest absolute Gasteiger partial charge is 0.470 e. The van der Waals surface area contributed by atoms with Crippen LogP contribution in [0.5, 0.6) is 0 Å². The molecule has 0 radical (unpaired) electrons. The van der Waals surface area contributed by atoms with E-state index in [2.05, 4.69) is 82.8 Å². The van der Waals surface area contributed by atoms with Crippen LogP contribution in [-0.4, -0.2) is 187 Å². The Balaban J connectivity index is -0.000000300. The van der Waals surface area contributed by atoms with Crippen molar-refractivity contribution in [3.63, 3.8) is 0 Å². The van der Waals surface area contributed by atoms with Crippen molar-refractivity contribution in [2.75, 3.05) is 85.9 Å². The van der Waals surface area contributed by atoms with Crippen molar-refractivity contribution < 1.29 is 133 Å². The highest BCUT2D eigenvalue weighted by molar-refractivity contribution is 5.97. The topological polar surface area (TPSA) is 426 Å². The van der Waals surface area contributed by atoms with Crippen molar-refractivity contribution >= 4 is 83.8 Å². The lowest BCUT2D eigenvalue weighted by molar-refractivity contribution is -0.192. The normalized spacial score (nSPS) is 17.4. The first-order valence-corrected chi connectivity index (χ1v) is 35.9. The lowest BCUT2D eigenvalue weighted by atomic mass is 9.68. The molecule has 0 N–H and O–H groups in total. The van der Waals surface area contributed by atoms with Crippen LogP contribution in [0.25, 0.3) is 29.1 Å². The van der Waals surface area contributed by atoms with E-state index in [0.717, 1.165) is 12.0 Å². The van der Waals surface area contributed by atoms with Crippen LogP contribution >= 0.6 is 0 Å². The second-order valence-electron chi connectivity index (χ2n) is 24.4. The number of ether oxygens (including phenoxy) is 13. The van der Waals surface area contributed by atoms with E-state index >= 15 is 0 Å². The molecule has 35 nitrogen and oxygen atoms in total. The van der Waals surface area contributed by atoms with Gasteiger partial charge < -0.3 is 66.4 Å². The minimum Gasteiger partial charge on any atom is -0.470 e. The molecule has 0 amide bonds. The average molecular weight is 1620 g/mol. The smallest absolute Gasteiger partial charge is 0.394 e. The van der Waals surface area contributed by atoms with Crippen LogP contribution in [0.15, 0.2) is 73.3 Å². The summed E-state index contributed by atoms with van der Waals surface area (Å²) in [5, 5.41) is 8.80. The van der Waals surface area contributed by atoms with Gasteiger partial charge in [0.15, 0.2) is 10.8 Å². The zero-order chi connectivity index (χ0) is 90.5. The highest BCUT2D eigenvalue weighted by atomic mass is 16.6. The van der Waals surface area contributed by atoms with Gasteiger partial charge in [0.05, 0.1) is 94.3 Å². The Kier molecular flexibility index (Phi) is 60.1. The molecule has 0 saturated carbocycles. The van der Waals surface area contributed by atoms with E-state index in [-0.39, 0.29) is 133 Å². The molecule has 2 aliphatic rings. The van der Waals surface area contributed by atoms with Gasteiger partial charge in [0.1, 0.15) is 51.7 Å². The van der Waals surface area contributed by atoms with E-state index in [1.54, 1.807) is 111 Å². The van der Waals surface area contributed by atoms with Gasteiger partial charge in [-0.15, -0.1) is 0 Å². The summed E-state index contributed by atoms with van der Waals surface area (Å²) in [5.41, 5.74) is -6.62. The third-order valence-corrected chi connectivity index (χ3v) is 16.4. The van der Waals surface area contributed by atoms with Crippen LogP contribution in [0.4, 0.5) is 0 Å². The summed E-state index contributed by atoms with van der Waals surface area (Å²) in [6.07, 6.45) is 3.97. The van der Waals surface area contributed by atoms with Crippen molar-refractivity contribution in [1.82, 2.24) is 0 Å². The van der Waals surface area contributed by atoms with Gasteiger partial charge in [0.2, 0.25) is 0 Å². The molecule has 2 aliphatic heterocycles. The molecule has 0 spiro atoms. The number of esters is 13. The first kappa shape index (κ1) is 113. The average Bonchev–Trinajstić information content (AvgIpc) is 1.60. The van der Waals surface area contributed by atoms with Crippen molar-refractivity contribution in [2.45, 2.75) is 193 Å². The van der Waals surface area contributed by atoms with Crippen molar-refractivity contribution in [3.05, 3.63) is 142 Å². The summed E-state index contributed by atoms with van der Waals surface area (Å²) in [6, 6.07) is 1.16. The number of nitrogens with zero attached hydrogens (tertiary/aromatic N) is 7. The van der Waals surface area contributed by atoms with Crippen molar-refractivity contribution in [2.24, 2.45) is 27.6 Å². The summed E-state index contributed by atoms with van der Waals surface area (Å²) in [6.45, 7) is 91.2. The Morgan fingerprint density at radius 1 is 0.504 bits per heavy atom. The van der Waals surface area contributed by atoms with Gasteiger partial charge in [-0.3, -0.25) is 48.0 Å². The minimum atomic E-state index is -1.42. The Bertz CT molecular complexity index is 3750.